The number of hydrogen-bond acceptors (Lipinski definition) is 6. The van der Waals surface area contributed by atoms with Crippen LogP contribution >= 0.6 is 0 Å². The van der Waals surface area contributed by atoms with E-state index in [1.165, 1.54) is 24.1 Å². The Morgan fingerprint density at radius 1 is 1.12 bits per heavy atom. The summed E-state index contributed by atoms with van der Waals surface area (Å²) in [5.74, 6) is -0.808. The quantitative estimate of drug-likeness (QED) is 0.638. The lowest BCUT2D eigenvalue weighted by atomic mass is 10.1. The number of hydrogen-bond donors (Lipinski definition) is 1. The maximum atomic E-state index is 13.1. The first-order chi connectivity index (χ1) is 15.2. The van der Waals surface area contributed by atoms with Gasteiger partial charge in [0.25, 0.3) is 15.9 Å². The molecule has 32 heavy (non-hydrogen) atoms. The lowest BCUT2D eigenvalue weighted by Gasteiger charge is -2.29. The molecule has 0 fully saturated rings. The molecule has 0 radical (unpaired) electrons. The second kappa shape index (κ2) is 9.39. The minimum Gasteiger partial charge on any atom is -0.497 e. The van der Waals surface area contributed by atoms with Crippen molar-refractivity contribution in [2.45, 2.75) is 30.8 Å². The van der Waals surface area contributed by atoms with Crippen LogP contribution < -0.4 is 10.1 Å². The van der Waals surface area contributed by atoms with Crippen molar-refractivity contribution in [2.24, 2.45) is 0 Å². The van der Waals surface area contributed by atoms with Gasteiger partial charge in [-0.25, -0.2) is 12.7 Å². The summed E-state index contributed by atoms with van der Waals surface area (Å²) in [5.41, 5.74) is 0.862. The van der Waals surface area contributed by atoms with Crippen molar-refractivity contribution in [2.75, 3.05) is 20.7 Å². The van der Waals surface area contributed by atoms with E-state index in [1.54, 1.807) is 50.4 Å². The molecule has 3 rings (SSSR count). The third-order valence-electron chi connectivity index (χ3n) is 5.37. The maximum Gasteiger partial charge on any atom is 0.269 e. The molecule has 2 aromatic rings. The zero-order valence-corrected chi connectivity index (χ0v) is 18.9. The highest BCUT2D eigenvalue weighted by atomic mass is 32.2. The number of methoxy groups -OCH3 is 1. The highest BCUT2D eigenvalue weighted by molar-refractivity contribution is 7.90. The van der Waals surface area contributed by atoms with Gasteiger partial charge in [0.15, 0.2) is 0 Å². The molecule has 1 N–H and O–H groups in total. The molecule has 0 aromatic heterocycles. The zero-order valence-electron chi connectivity index (χ0n) is 18.1. The Bertz CT molecular complexity index is 1130. The fourth-order valence-corrected chi connectivity index (χ4v) is 5.08. The number of amides is 3. The molecule has 170 valence electrons. The van der Waals surface area contributed by atoms with Gasteiger partial charge >= 0.3 is 0 Å². The van der Waals surface area contributed by atoms with E-state index in [-0.39, 0.29) is 35.9 Å². The third kappa shape index (κ3) is 4.45. The monoisotopic (exact) mass is 459 g/mol. The molecule has 2 aromatic carbocycles. The summed E-state index contributed by atoms with van der Waals surface area (Å²) in [7, 11) is -0.985. The van der Waals surface area contributed by atoms with Crippen molar-refractivity contribution >= 4 is 27.7 Å². The highest BCUT2D eigenvalue weighted by Gasteiger charge is 2.41. The van der Waals surface area contributed by atoms with Crippen LogP contribution in [-0.2, 0) is 26.2 Å². The number of sulfonamides is 1. The van der Waals surface area contributed by atoms with Crippen LogP contribution in [0.3, 0.4) is 0 Å². The molecule has 0 unspecified atom stereocenters. The van der Waals surface area contributed by atoms with Gasteiger partial charge in [-0.15, -0.1) is 0 Å². The van der Waals surface area contributed by atoms with Gasteiger partial charge < -0.3 is 15.0 Å². The van der Waals surface area contributed by atoms with E-state index in [1.807, 2.05) is 0 Å². The number of likely N-dealkylation sites (N-methyl/N-ethyl adjacent to an activating group) is 1. The van der Waals surface area contributed by atoms with E-state index >= 15 is 0 Å². The van der Waals surface area contributed by atoms with E-state index in [2.05, 4.69) is 5.32 Å². The first-order valence-electron chi connectivity index (χ1n) is 10.0. The van der Waals surface area contributed by atoms with Crippen LogP contribution in [0, 0.1) is 0 Å². The number of fused-ring (bicyclic) bond motifs is 1. The standard InChI is InChI=1S/C22H25N3O6S/c1-15(21(27)23-2)24(14-16-8-10-17(31-3)11-9-16)20(26)12-13-25-22(28)18-6-4-5-7-19(18)32(25,29)30/h4-11,15H,12-14H2,1-3H3,(H,23,27)/t15-/m1/s1. The molecule has 0 saturated heterocycles. The fourth-order valence-electron chi connectivity index (χ4n) is 3.51. The first kappa shape index (κ1) is 23.3. The summed E-state index contributed by atoms with van der Waals surface area (Å²) in [6, 6.07) is 12.2. The molecule has 1 atom stereocenters. The van der Waals surface area contributed by atoms with Crippen LogP contribution in [0.25, 0.3) is 0 Å². The Kier molecular flexibility index (Phi) is 6.83. The van der Waals surface area contributed by atoms with Gasteiger partial charge in [-0.05, 0) is 36.8 Å². The molecule has 0 spiro atoms. The van der Waals surface area contributed by atoms with E-state index in [4.69, 9.17) is 4.74 Å². The Labute approximate surface area is 187 Å². The number of benzene rings is 2. The Hall–Kier alpha value is -3.40. The Morgan fingerprint density at radius 3 is 2.38 bits per heavy atom. The minimum absolute atomic E-state index is 0.0636. The van der Waals surface area contributed by atoms with Crippen molar-refractivity contribution < 1.29 is 27.5 Å². The minimum atomic E-state index is -4.00. The third-order valence-corrected chi connectivity index (χ3v) is 7.21. The van der Waals surface area contributed by atoms with Crippen LogP contribution in [0.15, 0.2) is 53.4 Å². The SMILES string of the molecule is CNC(=O)[C@@H](C)N(Cc1ccc(OC)cc1)C(=O)CCN1C(=O)c2ccccc2S1(=O)=O. The lowest BCUT2D eigenvalue weighted by molar-refractivity contribution is -0.140. The molecular formula is C22H25N3O6S. The van der Waals surface area contributed by atoms with Gasteiger partial charge in [-0.1, -0.05) is 24.3 Å². The molecule has 0 aliphatic carbocycles. The van der Waals surface area contributed by atoms with Crippen LogP contribution in [0.2, 0.25) is 0 Å². The molecule has 10 heteroatoms. The topological polar surface area (TPSA) is 113 Å². The molecular weight excluding hydrogens is 434 g/mol. The van der Waals surface area contributed by atoms with Gasteiger partial charge in [0.1, 0.15) is 16.7 Å². The van der Waals surface area contributed by atoms with Gasteiger partial charge in [0.05, 0.1) is 12.7 Å². The van der Waals surface area contributed by atoms with E-state index in [0.29, 0.717) is 10.1 Å². The Balaban J connectivity index is 1.78. The van der Waals surface area contributed by atoms with Crippen LogP contribution in [-0.4, -0.2) is 62.1 Å². The Morgan fingerprint density at radius 2 is 1.78 bits per heavy atom. The summed E-state index contributed by atoms with van der Waals surface area (Å²) < 4.78 is 31.3. The van der Waals surface area contributed by atoms with Gasteiger partial charge in [0.2, 0.25) is 11.8 Å². The second-order valence-electron chi connectivity index (χ2n) is 7.29. The molecule has 3 amide bonds. The summed E-state index contributed by atoms with van der Waals surface area (Å²) in [5, 5.41) is 2.52. The van der Waals surface area contributed by atoms with Crippen molar-refractivity contribution in [3.8, 4) is 5.75 Å². The van der Waals surface area contributed by atoms with Crippen molar-refractivity contribution in [3.63, 3.8) is 0 Å². The summed E-state index contributed by atoms with van der Waals surface area (Å²) in [6.07, 6.45) is -0.254. The van der Waals surface area contributed by atoms with Crippen molar-refractivity contribution in [1.29, 1.82) is 0 Å². The molecule has 9 nitrogen and oxygen atoms in total. The van der Waals surface area contributed by atoms with Gasteiger partial charge in [-0.2, -0.15) is 0 Å². The van der Waals surface area contributed by atoms with E-state index < -0.39 is 27.9 Å². The molecule has 0 bridgehead atoms. The highest BCUT2D eigenvalue weighted by Crippen LogP contribution is 2.30. The number of ether oxygens (including phenoxy) is 1. The predicted molar refractivity (Wildman–Crippen MR) is 116 cm³/mol. The molecule has 1 aliphatic heterocycles. The largest absolute Gasteiger partial charge is 0.497 e. The van der Waals surface area contributed by atoms with E-state index in [9.17, 15) is 22.8 Å². The number of nitrogens with zero attached hydrogens (tertiary/aromatic N) is 2. The smallest absolute Gasteiger partial charge is 0.269 e. The average Bonchev–Trinajstić information content (AvgIpc) is 3.00. The number of nitrogens with one attached hydrogen (secondary N) is 1. The number of carbonyl (C=O) groups excluding carboxylic acids is 3. The van der Waals surface area contributed by atoms with Crippen molar-refractivity contribution in [3.05, 3.63) is 59.7 Å². The van der Waals surface area contributed by atoms with Gasteiger partial charge in [0, 0.05) is 26.6 Å². The lowest BCUT2D eigenvalue weighted by Crippen LogP contribution is -2.47. The summed E-state index contributed by atoms with van der Waals surface area (Å²) in [4.78, 5) is 39.2. The van der Waals surface area contributed by atoms with Gasteiger partial charge in [-0.3, -0.25) is 14.4 Å². The number of rotatable bonds is 8. The van der Waals surface area contributed by atoms with Crippen LogP contribution in [0.5, 0.6) is 5.75 Å². The van der Waals surface area contributed by atoms with Crippen LogP contribution in [0.1, 0.15) is 29.3 Å². The molecule has 0 saturated carbocycles. The summed E-state index contributed by atoms with van der Waals surface area (Å²) in [6.45, 7) is 1.42. The average molecular weight is 460 g/mol. The fraction of sp³-hybridized carbons (Fsp3) is 0.318. The summed E-state index contributed by atoms with van der Waals surface area (Å²) >= 11 is 0. The predicted octanol–water partition coefficient (Wildman–Crippen LogP) is 1.39. The molecule has 1 aliphatic rings. The zero-order chi connectivity index (χ0) is 23.5. The molecule has 1 heterocycles. The first-order valence-corrected chi connectivity index (χ1v) is 11.4. The maximum absolute atomic E-state index is 13.1. The second-order valence-corrected chi connectivity index (χ2v) is 9.12. The van der Waals surface area contributed by atoms with Crippen molar-refractivity contribution in [1.82, 2.24) is 14.5 Å². The number of carbonyl (C=O) groups is 3. The normalized spacial score (nSPS) is 15.1. The van der Waals surface area contributed by atoms with E-state index in [0.717, 1.165) is 5.56 Å². The van der Waals surface area contributed by atoms with Crippen LogP contribution in [0.4, 0.5) is 0 Å².